The molecule has 1 aliphatic heterocycles. The molecule has 0 radical (unpaired) electrons. The minimum absolute atomic E-state index is 0.00671. The number of rotatable bonds is 6. The smallest absolute Gasteiger partial charge is 0.0459 e. The second-order valence-electron chi connectivity index (χ2n) is 11.1. The Morgan fingerprint density at radius 3 is 2.21 bits per heavy atom. The first-order valence-electron chi connectivity index (χ1n) is 12.6. The third kappa shape index (κ3) is 5.38. The van der Waals surface area contributed by atoms with Gasteiger partial charge in [0.25, 0.3) is 0 Å². The maximum atomic E-state index is 4.13. The van der Waals surface area contributed by atoms with Crippen LogP contribution < -0.4 is 10.6 Å². The number of para-hydroxylation sites is 1. The lowest BCUT2D eigenvalue weighted by atomic mass is 9.77. The van der Waals surface area contributed by atoms with Crippen LogP contribution in [0.1, 0.15) is 90.5 Å². The van der Waals surface area contributed by atoms with Crippen LogP contribution in [-0.4, -0.2) is 0 Å². The van der Waals surface area contributed by atoms with Crippen LogP contribution in [0.2, 0.25) is 0 Å². The highest BCUT2D eigenvalue weighted by Gasteiger charge is 2.26. The van der Waals surface area contributed by atoms with Crippen LogP contribution in [-0.2, 0) is 10.8 Å². The van der Waals surface area contributed by atoms with Gasteiger partial charge < -0.3 is 10.6 Å². The average Bonchev–Trinajstić information content (AvgIpc) is 2.77. The highest BCUT2D eigenvalue weighted by Crippen LogP contribution is 2.41. The number of fused-ring (bicyclic) bond motifs is 1. The standard InChI is InChI=1S/C32H42N2/c1-10-15-23-24-17-13-14-18-28(24)33-21-25(23)29(16-11-2)34-30-19-22(12-3)26(31(4,5)6)20-27(30)32(7,8)9/h12-21,33-34H,3,10-11H2,1-2,4-9H3/b23-15+,29-16-. The number of benzene rings is 2. The zero-order valence-corrected chi connectivity index (χ0v) is 22.4. The Balaban J connectivity index is 2.16. The fourth-order valence-electron chi connectivity index (χ4n) is 4.60. The van der Waals surface area contributed by atoms with Crippen molar-refractivity contribution in [2.75, 3.05) is 10.6 Å². The number of nitrogens with one attached hydrogen (secondary N) is 2. The maximum absolute atomic E-state index is 4.13. The lowest BCUT2D eigenvalue weighted by Gasteiger charge is -2.31. The fourth-order valence-corrected chi connectivity index (χ4v) is 4.60. The van der Waals surface area contributed by atoms with Crippen LogP contribution in [0.4, 0.5) is 11.4 Å². The number of hydrogen-bond acceptors (Lipinski definition) is 2. The average molecular weight is 455 g/mol. The molecule has 0 aliphatic carbocycles. The van der Waals surface area contributed by atoms with Gasteiger partial charge in [-0.15, -0.1) is 0 Å². The molecule has 34 heavy (non-hydrogen) atoms. The van der Waals surface area contributed by atoms with E-state index in [0.717, 1.165) is 29.9 Å². The van der Waals surface area contributed by atoms with Gasteiger partial charge in [0.2, 0.25) is 0 Å². The Morgan fingerprint density at radius 2 is 1.62 bits per heavy atom. The van der Waals surface area contributed by atoms with E-state index in [1.807, 2.05) is 6.08 Å². The molecule has 0 saturated heterocycles. The van der Waals surface area contributed by atoms with Crippen molar-refractivity contribution in [2.45, 2.75) is 79.1 Å². The van der Waals surface area contributed by atoms with Crippen molar-refractivity contribution in [1.82, 2.24) is 0 Å². The van der Waals surface area contributed by atoms with E-state index < -0.39 is 0 Å². The summed E-state index contributed by atoms with van der Waals surface area (Å²) >= 11 is 0. The molecule has 0 spiro atoms. The van der Waals surface area contributed by atoms with Gasteiger partial charge in [0.05, 0.1) is 0 Å². The molecular weight excluding hydrogens is 412 g/mol. The van der Waals surface area contributed by atoms with Crippen molar-refractivity contribution < 1.29 is 0 Å². The van der Waals surface area contributed by atoms with Gasteiger partial charge in [-0.2, -0.15) is 0 Å². The van der Waals surface area contributed by atoms with E-state index in [4.69, 9.17) is 0 Å². The molecule has 2 N–H and O–H groups in total. The predicted octanol–water partition coefficient (Wildman–Crippen LogP) is 9.43. The van der Waals surface area contributed by atoms with Crippen molar-refractivity contribution in [3.05, 3.63) is 94.9 Å². The second kappa shape index (κ2) is 10.1. The van der Waals surface area contributed by atoms with E-state index in [1.165, 1.54) is 33.4 Å². The zero-order chi connectivity index (χ0) is 25.1. The third-order valence-electron chi connectivity index (χ3n) is 6.28. The van der Waals surface area contributed by atoms with E-state index in [-0.39, 0.29) is 10.8 Å². The summed E-state index contributed by atoms with van der Waals surface area (Å²) in [6, 6.07) is 13.2. The number of hydrogen-bond donors (Lipinski definition) is 2. The third-order valence-corrected chi connectivity index (χ3v) is 6.28. The molecule has 0 bridgehead atoms. The first kappa shape index (κ1) is 25.6. The van der Waals surface area contributed by atoms with E-state index in [9.17, 15) is 0 Å². The normalized spacial score (nSPS) is 15.5. The lowest BCUT2D eigenvalue weighted by molar-refractivity contribution is 0.569. The van der Waals surface area contributed by atoms with E-state index in [2.05, 4.69) is 127 Å². The summed E-state index contributed by atoms with van der Waals surface area (Å²) in [5.74, 6) is 0. The molecule has 0 unspecified atom stereocenters. The zero-order valence-electron chi connectivity index (χ0n) is 22.4. The molecule has 0 amide bonds. The molecule has 2 aromatic carbocycles. The van der Waals surface area contributed by atoms with Crippen molar-refractivity contribution >= 4 is 23.0 Å². The first-order chi connectivity index (χ1) is 16.0. The van der Waals surface area contributed by atoms with Crippen LogP contribution >= 0.6 is 0 Å². The Labute approximate surface area is 207 Å². The van der Waals surface area contributed by atoms with Gasteiger partial charge in [0, 0.05) is 34.4 Å². The highest BCUT2D eigenvalue weighted by atomic mass is 14.9. The molecule has 2 heteroatoms. The Hall–Kier alpha value is -3.00. The van der Waals surface area contributed by atoms with Crippen molar-refractivity contribution in [2.24, 2.45) is 0 Å². The molecule has 1 aliphatic rings. The molecule has 0 aromatic heterocycles. The lowest BCUT2D eigenvalue weighted by Crippen LogP contribution is -2.20. The molecule has 0 fully saturated rings. The van der Waals surface area contributed by atoms with Gasteiger partial charge in [0.1, 0.15) is 0 Å². The largest absolute Gasteiger partial charge is 0.360 e. The van der Waals surface area contributed by atoms with Crippen LogP contribution in [0.3, 0.4) is 0 Å². The van der Waals surface area contributed by atoms with Crippen LogP contribution in [0.15, 0.2) is 72.6 Å². The molecule has 1 heterocycles. The predicted molar refractivity (Wildman–Crippen MR) is 152 cm³/mol. The summed E-state index contributed by atoms with van der Waals surface area (Å²) in [7, 11) is 0. The molecule has 2 aromatic rings. The van der Waals surface area contributed by atoms with E-state index >= 15 is 0 Å². The first-order valence-corrected chi connectivity index (χ1v) is 12.6. The SMILES string of the molecule is C=Cc1cc(N/C(=C\CC)C2=CNc3ccccc3/C2=C\CC)c(C(C)(C)C)cc1C(C)(C)C. The van der Waals surface area contributed by atoms with E-state index in [0.29, 0.717) is 0 Å². The van der Waals surface area contributed by atoms with Gasteiger partial charge in [-0.05, 0) is 58.1 Å². The van der Waals surface area contributed by atoms with Crippen LogP contribution in [0.5, 0.6) is 0 Å². The van der Waals surface area contributed by atoms with Crippen molar-refractivity contribution in [3.63, 3.8) is 0 Å². The van der Waals surface area contributed by atoms with Gasteiger partial charge in [0.15, 0.2) is 0 Å². The quantitative estimate of drug-likeness (QED) is 0.454. The van der Waals surface area contributed by atoms with Crippen molar-refractivity contribution in [1.29, 1.82) is 0 Å². The minimum Gasteiger partial charge on any atom is -0.360 e. The molecular formula is C32H42N2. The topological polar surface area (TPSA) is 24.1 Å². The summed E-state index contributed by atoms with van der Waals surface area (Å²) in [6.45, 7) is 22.2. The molecule has 2 nitrogen and oxygen atoms in total. The summed E-state index contributed by atoms with van der Waals surface area (Å²) < 4.78 is 0. The summed E-state index contributed by atoms with van der Waals surface area (Å²) in [4.78, 5) is 0. The number of allylic oxidation sites excluding steroid dienone is 3. The Morgan fingerprint density at radius 1 is 0.941 bits per heavy atom. The summed E-state index contributed by atoms with van der Waals surface area (Å²) in [5, 5.41) is 7.38. The monoisotopic (exact) mass is 454 g/mol. The van der Waals surface area contributed by atoms with Gasteiger partial charge in [-0.3, -0.25) is 0 Å². The fraction of sp³-hybridized carbons (Fsp3) is 0.375. The van der Waals surface area contributed by atoms with Crippen LogP contribution in [0, 0.1) is 0 Å². The second-order valence-corrected chi connectivity index (χ2v) is 11.1. The molecule has 180 valence electrons. The summed E-state index contributed by atoms with van der Waals surface area (Å²) in [6.07, 6.45) is 10.7. The van der Waals surface area contributed by atoms with E-state index in [1.54, 1.807) is 0 Å². The van der Waals surface area contributed by atoms with Crippen molar-refractivity contribution in [3.8, 4) is 0 Å². The summed E-state index contributed by atoms with van der Waals surface area (Å²) in [5.41, 5.74) is 11.0. The number of anilines is 2. The van der Waals surface area contributed by atoms with Gasteiger partial charge in [-0.1, -0.05) is 104 Å². The highest BCUT2D eigenvalue weighted by molar-refractivity contribution is 5.93. The minimum atomic E-state index is -0.00671. The van der Waals surface area contributed by atoms with Crippen LogP contribution in [0.25, 0.3) is 11.6 Å². The van der Waals surface area contributed by atoms with Gasteiger partial charge >= 0.3 is 0 Å². The van der Waals surface area contributed by atoms with Gasteiger partial charge in [-0.25, -0.2) is 0 Å². The molecule has 0 atom stereocenters. The maximum Gasteiger partial charge on any atom is 0.0459 e. The molecule has 0 saturated carbocycles. The Bertz CT molecular complexity index is 1140. The Kier molecular flexibility index (Phi) is 7.60. The molecule has 3 rings (SSSR count).